The van der Waals surface area contributed by atoms with Crippen molar-refractivity contribution in [2.75, 3.05) is 6.54 Å². The molecular formula is C20H15ClN4O5. The van der Waals surface area contributed by atoms with E-state index in [1.807, 2.05) is 0 Å². The maximum absolute atomic E-state index is 13.2. The summed E-state index contributed by atoms with van der Waals surface area (Å²) in [6.07, 6.45) is 0. The largest absolute Gasteiger partial charge is 0.480 e. The molecule has 0 spiro atoms. The van der Waals surface area contributed by atoms with E-state index in [2.05, 4.69) is 10.3 Å². The molecule has 3 N–H and O–H groups in total. The number of aromatic nitrogens is 3. The highest BCUT2D eigenvalue weighted by molar-refractivity contribution is 6.31. The fourth-order valence-electron chi connectivity index (χ4n) is 3.49. The van der Waals surface area contributed by atoms with E-state index in [1.54, 1.807) is 49.5 Å². The summed E-state index contributed by atoms with van der Waals surface area (Å²) < 4.78 is 2.36. The van der Waals surface area contributed by atoms with E-state index in [1.165, 1.54) is 4.57 Å². The van der Waals surface area contributed by atoms with Crippen LogP contribution < -0.4 is 16.6 Å². The van der Waals surface area contributed by atoms with Crippen molar-refractivity contribution in [3.8, 4) is 5.69 Å². The fraction of sp³-hybridized carbons (Fsp3) is 0.100. The van der Waals surface area contributed by atoms with Crippen LogP contribution in [0.1, 0.15) is 10.5 Å². The van der Waals surface area contributed by atoms with E-state index in [0.29, 0.717) is 21.4 Å². The van der Waals surface area contributed by atoms with Crippen molar-refractivity contribution in [1.29, 1.82) is 0 Å². The lowest BCUT2D eigenvalue weighted by molar-refractivity contribution is -0.135. The van der Waals surface area contributed by atoms with E-state index >= 15 is 0 Å². The van der Waals surface area contributed by atoms with Gasteiger partial charge in [0.15, 0.2) is 0 Å². The van der Waals surface area contributed by atoms with Crippen molar-refractivity contribution in [3.05, 3.63) is 74.0 Å². The molecule has 152 valence electrons. The van der Waals surface area contributed by atoms with Crippen LogP contribution in [0.25, 0.3) is 27.5 Å². The Balaban J connectivity index is 2.12. The molecule has 0 unspecified atom stereocenters. The number of aryl methyl sites for hydroxylation is 1. The molecule has 0 saturated heterocycles. The summed E-state index contributed by atoms with van der Waals surface area (Å²) in [5.74, 6) is -1.98. The number of carboxylic acids is 1. The summed E-state index contributed by atoms with van der Waals surface area (Å²) in [6, 6.07) is 11.3. The summed E-state index contributed by atoms with van der Waals surface area (Å²) in [4.78, 5) is 52.5. The Morgan fingerprint density at radius 3 is 2.60 bits per heavy atom. The Morgan fingerprint density at radius 2 is 1.87 bits per heavy atom. The number of carbonyl (C=O) groups is 2. The summed E-state index contributed by atoms with van der Waals surface area (Å²) in [7, 11) is 1.58. The molecule has 2 aromatic heterocycles. The molecule has 0 atom stereocenters. The molecule has 0 bridgehead atoms. The van der Waals surface area contributed by atoms with Gasteiger partial charge in [0.05, 0.1) is 22.1 Å². The average molecular weight is 427 g/mol. The molecule has 0 aliphatic rings. The molecule has 10 heteroatoms. The van der Waals surface area contributed by atoms with E-state index in [9.17, 15) is 19.2 Å². The number of aromatic amines is 1. The van der Waals surface area contributed by atoms with Crippen molar-refractivity contribution >= 4 is 45.3 Å². The smallest absolute Gasteiger partial charge is 0.333 e. The molecule has 1 amide bonds. The zero-order valence-electron chi connectivity index (χ0n) is 15.6. The Bertz CT molecular complexity index is 1460. The van der Waals surface area contributed by atoms with E-state index in [0.717, 1.165) is 4.57 Å². The number of halogens is 1. The number of carboxylic acid groups (broad SMARTS) is 1. The number of H-pyrrole nitrogens is 1. The molecule has 0 saturated carbocycles. The number of nitrogens with zero attached hydrogens (tertiary/aromatic N) is 2. The molecule has 0 fully saturated rings. The van der Waals surface area contributed by atoms with Gasteiger partial charge in [0.2, 0.25) is 0 Å². The van der Waals surface area contributed by atoms with Crippen LogP contribution in [-0.2, 0) is 11.8 Å². The highest BCUT2D eigenvalue weighted by atomic mass is 35.5. The van der Waals surface area contributed by atoms with Crippen molar-refractivity contribution in [1.82, 2.24) is 19.4 Å². The molecule has 4 rings (SSSR count). The average Bonchev–Trinajstić information content (AvgIpc) is 2.98. The quantitative estimate of drug-likeness (QED) is 0.457. The summed E-state index contributed by atoms with van der Waals surface area (Å²) in [5, 5.41) is 12.2. The first-order valence-corrected chi connectivity index (χ1v) is 9.19. The molecule has 9 nitrogen and oxygen atoms in total. The third-order valence-corrected chi connectivity index (χ3v) is 5.01. The number of hydrogen-bond donors (Lipinski definition) is 3. The minimum absolute atomic E-state index is 0.0230. The van der Waals surface area contributed by atoms with Gasteiger partial charge in [0.25, 0.3) is 11.5 Å². The van der Waals surface area contributed by atoms with Crippen LogP contribution in [0.3, 0.4) is 0 Å². The number of nitrogens with one attached hydrogen (secondary N) is 2. The SMILES string of the molecule is Cn1c(C(=O)NCC(=O)O)c(-n2c(=O)[nH]c3ccccc3c2=O)c2cc(Cl)ccc21. The normalized spacial score (nSPS) is 11.1. The second-order valence-electron chi connectivity index (χ2n) is 6.61. The lowest BCUT2D eigenvalue weighted by atomic mass is 10.2. The minimum Gasteiger partial charge on any atom is -0.480 e. The van der Waals surface area contributed by atoms with E-state index in [4.69, 9.17) is 16.7 Å². The summed E-state index contributed by atoms with van der Waals surface area (Å²) in [5.41, 5.74) is -0.480. The summed E-state index contributed by atoms with van der Waals surface area (Å²) >= 11 is 6.14. The van der Waals surface area contributed by atoms with Crippen LogP contribution in [-0.4, -0.2) is 37.6 Å². The van der Waals surface area contributed by atoms with Gasteiger partial charge in [-0.15, -0.1) is 0 Å². The first-order valence-electron chi connectivity index (χ1n) is 8.82. The Kier molecular flexibility index (Phi) is 4.67. The minimum atomic E-state index is -1.23. The molecule has 30 heavy (non-hydrogen) atoms. The topological polar surface area (TPSA) is 126 Å². The number of fused-ring (bicyclic) bond motifs is 2. The lowest BCUT2D eigenvalue weighted by Crippen LogP contribution is -2.36. The lowest BCUT2D eigenvalue weighted by Gasteiger charge is -2.10. The molecular weight excluding hydrogens is 412 g/mol. The summed E-state index contributed by atoms with van der Waals surface area (Å²) in [6.45, 7) is -0.621. The van der Waals surface area contributed by atoms with Crippen LogP contribution in [0.4, 0.5) is 0 Å². The van der Waals surface area contributed by atoms with Crippen LogP contribution in [0.2, 0.25) is 5.02 Å². The monoisotopic (exact) mass is 426 g/mol. The number of hydrogen-bond acceptors (Lipinski definition) is 4. The van der Waals surface area contributed by atoms with Gasteiger partial charge >= 0.3 is 11.7 Å². The predicted octanol–water partition coefficient (Wildman–Crippen LogP) is 1.64. The molecule has 0 aliphatic heterocycles. The molecule has 4 aromatic rings. The number of aliphatic carboxylic acids is 1. The fourth-order valence-corrected chi connectivity index (χ4v) is 3.66. The van der Waals surface area contributed by atoms with Crippen LogP contribution in [0, 0.1) is 0 Å². The van der Waals surface area contributed by atoms with Gasteiger partial charge in [-0.1, -0.05) is 23.7 Å². The highest BCUT2D eigenvalue weighted by Gasteiger charge is 2.25. The molecule has 2 heterocycles. The standard InChI is InChI=1S/C20H15ClN4O5/c1-24-14-7-6-10(21)8-12(14)16(17(24)18(28)22-9-15(26)27)25-19(29)11-4-2-3-5-13(11)23-20(25)30/h2-8H,9H2,1H3,(H,22,28)(H,23,30)(H,26,27). The zero-order chi connectivity index (χ0) is 21.6. The van der Waals surface area contributed by atoms with Gasteiger partial charge in [-0.05, 0) is 30.3 Å². The molecule has 0 aliphatic carbocycles. The highest BCUT2D eigenvalue weighted by Crippen LogP contribution is 2.30. The van der Waals surface area contributed by atoms with Crippen molar-refractivity contribution in [2.45, 2.75) is 0 Å². The number of rotatable bonds is 4. The number of para-hydroxylation sites is 1. The van der Waals surface area contributed by atoms with Crippen molar-refractivity contribution in [2.24, 2.45) is 7.05 Å². The number of carbonyl (C=O) groups excluding carboxylic acids is 1. The van der Waals surface area contributed by atoms with Gasteiger partial charge in [-0.3, -0.25) is 14.4 Å². The number of amides is 1. The Morgan fingerprint density at radius 1 is 1.13 bits per heavy atom. The van der Waals surface area contributed by atoms with Gasteiger partial charge in [0.1, 0.15) is 12.2 Å². The maximum Gasteiger partial charge on any atom is 0.333 e. The van der Waals surface area contributed by atoms with Crippen LogP contribution in [0.5, 0.6) is 0 Å². The second-order valence-corrected chi connectivity index (χ2v) is 7.05. The predicted molar refractivity (Wildman–Crippen MR) is 112 cm³/mol. The van der Waals surface area contributed by atoms with E-state index in [-0.39, 0.29) is 16.8 Å². The van der Waals surface area contributed by atoms with Gasteiger partial charge in [0, 0.05) is 17.5 Å². The van der Waals surface area contributed by atoms with Crippen LogP contribution in [0.15, 0.2) is 52.1 Å². The third-order valence-electron chi connectivity index (χ3n) is 4.78. The Labute approximate surface area is 173 Å². The van der Waals surface area contributed by atoms with Gasteiger partial charge in [-0.25, -0.2) is 9.36 Å². The Hall–Kier alpha value is -3.85. The first-order chi connectivity index (χ1) is 14.3. The first kappa shape index (κ1) is 19.5. The zero-order valence-corrected chi connectivity index (χ0v) is 16.4. The molecule has 0 radical (unpaired) electrons. The third kappa shape index (κ3) is 3.05. The van der Waals surface area contributed by atoms with Gasteiger partial charge in [-0.2, -0.15) is 0 Å². The number of benzene rings is 2. The van der Waals surface area contributed by atoms with Crippen molar-refractivity contribution in [3.63, 3.8) is 0 Å². The van der Waals surface area contributed by atoms with Crippen LogP contribution >= 0.6 is 11.6 Å². The maximum atomic E-state index is 13.2. The molecule has 2 aromatic carbocycles. The van der Waals surface area contributed by atoms with Crippen molar-refractivity contribution < 1.29 is 14.7 Å². The van der Waals surface area contributed by atoms with E-state index < -0.39 is 29.7 Å². The van der Waals surface area contributed by atoms with Gasteiger partial charge < -0.3 is 20.0 Å². The second kappa shape index (κ2) is 7.20.